The fraction of sp³-hybridized carbons (Fsp3) is 0.875. The molecule has 1 heterocycles. The number of rotatable bonds is 5. The summed E-state index contributed by atoms with van der Waals surface area (Å²) in [5, 5.41) is 6.52. The Hall–Kier alpha value is -0.910. The van der Waals surface area contributed by atoms with Crippen LogP contribution in [0.3, 0.4) is 0 Å². The second kappa shape index (κ2) is 5.85. The Labute approximate surface area is 92.6 Å². The molecule has 1 fully saturated rings. The van der Waals surface area contributed by atoms with E-state index in [1.165, 1.54) is 0 Å². The minimum Gasteiger partial charge on any atom is -0.368 e. The molecule has 0 aromatic carbocycles. The van der Waals surface area contributed by atoms with Crippen LogP contribution in [0.25, 0.3) is 10.4 Å². The van der Waals surface area contributed by atoms with Crippen LogP contribution >= 0.6 is 11.8 Å². The fourth-order valence-electron chi connectivity index (χ4n) is 1.62. The SMILES string of the molecule is [N-]=[N+]=NCCNC1(C(N)=O)CCSCC1. The summed E-state index contributed by atoms with van der Waals surface area (Å²) in [4.78, 5) is 14.0. The minimum atomic E-state index is -0.587. The summed E-state index contributed by atoms with van der Waals surface area (Å²) >= 11 is 1.83. The van der Waals surface area contributed by atoms with E-state index in [9.17, 15) is 4.79 Å². The molecule has 1 aliphatic rings. The first-order chi connectivity index (χ1) is 7.21. The number of carbonyl (C=O) groups excluding carboxylic acids is 1. The molecule has 0 aliphatic carbocycles. The van der Waals surface area contributed by atoms with Gasteiger partial charge in [-0.05, 0) is 29.9 Å². The van der Waals surface area contributed by atoms with Crippen LogP contribution in [0.1, 0.15) is 12.8 Å². The molecule has 0 radical (unpaired) electrons. The molecule has 0 bridgehead atoms. The van der Waals surface area contributed by atoms with E-state index in [2.05, 4.69) is 15.3 Å². The number of hydrogen-bond acceptors (Lipinski definition) is 4. The van der Waals surface area contributed by atoms with Gasteiger partial charge in [-0.25, -0.2) is 0 Å². The number of hydrogen-bond donors (Lipinski definition) is 2. The second-order valence-electron chi connectivity index (χ2n) is 3.44. The van der Waals surface area contributed by atoms with Gasteiger partial charge >= 0.3 is 0 Å². The standard InChI is InChI=1S/C8H15N5OS/c9-7(14)8(1-5-15-6-2-8)11-3-4-12-13-10/h11H,1-6H2,(H2,9,14). The first-order valence-corrected chi connectivity index (χ1v) is 6.00. The van der Waals surface area contributed by atoms with Crippen LogP contribution < -0.4 is 11.1 Å². The smallest absolute Gasteiger partial charge is 0.237 e. The Morgan fingerprint density at radius 2 is 2.27 bits per heavy atom. The number of amides is 1. The highest BCUT2D eigenvalue weighted by Gasteiger charge is 2.37. The number of nitrogens with one attached hydrogen (secondary N) is 1. The van der Waals surface area contributed by atoms with E-state index < -0.39 is 5.54 Å². The second-order valence-corrected chi connectivity index (χ2v) is 4.66. The van der Waals surface area contributed by atoms with Crippen LogP contribution in [0.5, 0.6) is 0 Å². The van der Waals surface area contributed by atoms with Crippen LogP contribution in [-0.2, 0) is 4.79 Å². The molecule has 3 N–H and O–H groups in total. The lowest BCUT2D eigenvalue weighted by molar-refractivity contribution is -0.124. The van der Waals surface area contributed by atoms with Crippen LogP contribution in [0.4, 0.5) is 0 Å². The van der Waals surface area contributed by atoms with E-state index in [0.717, 1.165) is 24.3 Å². The molecule has 1 rings (SSSR count). The largest absolute Gasteiger partial charge is 0.368 e. The molecule has 0 aromatic rings. The maximum atomic E-state index is 11.4. The molecule has 1 saturated heterocycles. The lowest BCUT2D eigenvalue weighted by atomic mass is 9.91. The van der Waals surface area contributed by atoms with Crippen molar-refractivity contribution >= 4 is 17.7 Å². The van der Waals surface area contributed by atoms with E-state index in [4.69, 9.17) is 11.3 Å². The van der Waals surface area contributed by atoms with Gasteiger partial charge in [0.1, 0.15) is 0 Å². The average molecular weight is 229 g/mol. The molecule has 15 heavy (non-hydrogen) atoms. The minimum absolute atomic E-state index is 0.302. The maximum Gasteiger partial charge on any atom is 0.237 e. The van der Waals surface area contributed by atoms with Gasteiger partial charge in [0.2, 0.25) is 5.91 Å². The number of thioether (sulfide) groups is 1. The van der Waals surface area contributed by atoms with Crippen LogP contribution in [-0.4, -0.2) is 36.0 Å². The van der Waals surface area contributed by atoms with Crippen molar-refractivity contribution in [1.82, 2.24) is 5.32 Å². The van der Waals surface area contributed by atoms with Gasteiger partial charge in [-0.2, -0.15) is 11.8 Å². The summed E-state index contributed by atoms with van der Waals surface area (Å²) < 4.78 is 0. The van der Waals surface area contributed by atoms with Crippen LogP contribution in [0, 0.1) is 0 Å². The lowest BCUT2D eigenvalue weighted by Gasteiger charge is -2.34. The molecular weight excluding hydrogens is 214 g/mol. The van der Waals surface area contributed by atoms with Crippen molar-refractivity contribution in [1.29, 1.82) is 0 Å². The van der Waals surface area contributed by atoms with Gasteiger partial charge in [-0.15, -0.1) is 0 Å². The predicted octanol–water partition coefficient (Wildman–Crippen LogP) is 0.637. The molecule has 0 atom stereocenters. The Morgan fingerprint density at radius 1 is 1.60 bits per heavy atom. The van der Waals surface area contributed by atoms with Crippen molar-refractivity contribution < 1.29 is 4.79 Å². The van der Waals surface area contributed by atoms with Gasteiger partial charge < -0.3 is 11.1 Å². The highest BCUT2D eigenvalue weighted by atomic mass is 32.2. The Kier molecular flexibility index (Phi) is 4.74. The van der Waals surface area contributed by atoms with Gasteiger partial charge in [0.15, 0.2) is 0 Å². The third-order valence-corrected chi connectivity index (χ3v) is 3.54. The van der Waals surface area contributed by atoms with E-state index in [-0.39, 0.29) is 5.91 Å². The van der Waals surface area contributed by atoms with E-state index in [1.54, 1.807) is 0 Å². The molecule has 0 aromatic heterocycles. The molecule has 0 saturated carbocycles. The Bertz CT molecular complexity index is 270. The molecule has 1 amide bonds. The molecule has 6 nitrogen and oxygen atoms in total. The van der Waals surface area contributed by atoms with Crippen LogP contribution in [0.2, 0.25) is 0 Å². The summed E-state index contributed by atoms with van der Waals surface area (Å²) in [7, 11) is 0. The zero-order chi connectivity index (χ0) is 11.1. The first-order valence-electron chi connectivity index (χ1n) is 4.85. The van der Waals surface area contributed by atoms with Crippen LogP contribution in [0.15, 0.2) is 5.11 Å². The van der Waals surface area contributed by atoms with E-state index in [1.807, 2.05) is 11.8 Å². The quantitative estimate of drug-likeness (QED) is 0.313. The summed E-state index contributed by atoms with van der Waals surface area (Å²) in [5.74, 6) is 1.58. The molecule has 0 spiro atoms. The molecule has 84 valence electrons. The predicted molar refractivity (Wildman–Crippen MR) is 60.5 cm³/mol. The zero-order valence-corrected chi connectivity index (χ0v) is 9.29. The third-order valence-electron chi connectivity index (χ3n) is 2.56. The van der Waals surface area contributed by atoms with Crippen molar-refractivity contribution in [2.75, 3.05) is 24.6 Å². The van der Waals surface area contributed by atoms with E-state index in [0.29, 0.717) is 13.1 Å². The van der Waals surface area contributed by atoms with Gasteiger partial charge in [0.25, 0.3) is 0 Å². The number of nitrogens with two attached hydrogens (primary N) is 1. The fourth-order valence-corrected chi connectivity index (χ4v) is 2.81. The van der Waals surface area contributed by atoms with Crippen molar-refractivity contribution in [2.45, 2.75) is 18.4 Å². The molecule has 1 aliphatic heterocycles. The molecular formula is C8H15N5OS. The van der Waals surface area contributed by atoms with E-state index >= 15 is 0 Å². The number of carbonyl (C=O) groups is 1. The third kappa shape index (κ3) is 3.30. The summed E-state index contributed by atoms with van der Waals surface area (Å²) in [6, 6.07) is 0. The van der Waals surface area contributed by atoms with Crippen molar-refractivity contribution in [3.63, 3.8) is 0 Å². The topological polar surface area (TPSA) is 104 Å². The summed E-state index contributed by atoms with van der Waals surface area (Å²) in [6.07, 6.45) is 1.51. The van der Waals surface area contributed by atoms with Gasteiger partial charge in [-0.3, -0.25) is 4.79 Å². The lowest BCUT2D eigenvalue weighted by Crippen LogP contribution is -2.57. The van der Waals surface area contributed by atoms with Gasteiger partial charge in [0, 0.05) is 18.0 Å². The highest BCUT2D eigenvalue weighted by molar-refractivity contribution is 7.99. The number of azide groups is 1. The Morgan fingerprint density at radius 3 is 2.80 bits per heavy atom. The van der Waals surface area contributed by atoms with Crippen molar-refractivity contribution in [2.24, 2.45) is 10.8 Å². The zero-order valence-electron chi connectivity index (χ0n) is 8.48. The normalized spacial score (nSPS) is 19.2. The maximum absolute atomic E-state index is 11.4. The number of primary amides is 1. The number of nitrogens with zero attached hydrogens (tertiary/aromatic N) is 3. The highest BCUT2D eigenvalue weighted by Crippen LogP contribution is 2.26. The average Bonchev–Trinajstić information content (AvgIpc) is 2.26. The Balaban J connectivity index is 2.49. The van der Waals surface area contributed by atoms with Gasteiger partial charge in [-0.1, -0.05) is 5.11 Å². The molecule has 0 unspecified atom stereocenters. The summed E-state index contributed by atoms with van der Waals surface area (Å²) in [5.41, 5.74) is 12.9. The molecule has 7 heteroatoms. The van der Waals surface area contributed by atoms with Crippen molar-refractivity contribution in [3.05, 3.63) is 10.4 Å². The summed E-state index contributed by atoms with van der Waals surface area (Å²) in [6.45, 7) is 0.844. The monoisotopic (exact) mass is 229 g/mol. The first kappa shape index (κ1) is 12.2. The van der Waals surface area contributed by atoms with Crippen molar-refractivity contribution in [3.8, 4) is 0 Å². The van der Waals surface area contributed by atoms with Gasteiger partial charge in [0.05, 0.1) is 5.54 Å².